The summed E-state index contributed by atoms with van der Waals surface area (Å²) in [5.41, 5.74) is 1.81. The molecule has 0 nitrogen and oxygen atoms in total. The third-order valence-electron chi connectivity index (χ3n) is 1.57. The first-order valence-electron chi connectivity index (χ1n) is 4.21. The molecule has 1 aromatic rings. The molecule has 1 aromatic carbocycles. The van der Waals surface area contributed by atoms with Gasteiger partial charge in [-0.1, -0.05) is 55.3 Å². The van der Waals surface area contributed by atoms with Gasteiger partial charge in [0.15, 0.2) is 0 Å². The molecule has 0 atom stereocenters. The Balaban J connectivity index is 2.76. The lowest BCUT2D eigenvalue weighted by Crippen LogP contribution is -1.76. The van der Waals surface area contributed by atoms with Crippen LogP contribution in [-0.2, 0) is 0 Å². The number of hydrogen-bond donors (Lipinski definition) is 0. The van der Waals surface area contributed by atoms with Crippen LogP contribution in [0.25, 0.3) is 5.57 Å². The van der Waals surface area contributed by atoms with Gasteiger partial charge in [-0.15, -0.1) is 0 Å². The molecular weight excluding hydrogens is 168 g/mol. The number of rotatable bonds is 1. The molecule has 0 saturated heterocycles. The Kier molecular flexibility index (Phi) is 3.86. The largest absolute Gasteiger partial charge is 0.0906 e. The highest BCUT2D eigenvalue weighted by Crippen LogP contribution is 2.09. The van der Waals surface area contributed by atoms with Gasteiger partial charge in [0, 0.05) is 5.57 Å². The van der Waals surface area contributed by atoms with Crippen LogP contribution in [0.3, 0.4) is 0 Å². The van der Waals surface area contributed by atoms with E-state index >= 15 is 0 Å². The lowest BCUT2D eigenvalue weighted by atomic mass is 10.1. The van der Waals surface area contributed by atoms with Crippen LogP contribution >= 0.6 is 0 Å². The van der Waals surface area contributed by atoms with Gasteiger partial charge in [0.2, 0.25) is 0 Å². The summed E-state index contributed by atoms with van der Waals surface area (Å²) in [4.78, 5) is 0. The van der Waals surface area contributed by atoms with Crippen LogP contribution in [-0.4, -0.2) is 0 Å². The van der Waals surface area contributed by atoms with Crippen molar-refractivity contribution >= 4 is 5.57 Å². The average molecular weight is 178 g/mol. The molecule has 0 N–H and O–H groups in total. The maximum Gasteiger partial charge on any atom is 0.0256 e. The molecule has 0 aliphatic heterocycles. The van der Waals surface area contributed by atoms with Crippen molar-refractivity contribution in [2.24, 2.45) is 0 Å². The van der Waals surface area contributed by atoms with E-state index in [0.717, 1.165) is 11.1 Å². The topological polar surface area (TPSA) is 0 Å². The van der Waals surface area contributed by atoms with Gasteiger partial charge in [0.25, 0.3) is 0 Å². The van der Waals surface area contributed by atoms with Crippen LogP contribution < -0.4 is 0 Å². The van der Waals surface area contributed by atoms with Crippen molar-refractivity contribution in [1.82, 2.24) is 0 Å². The molecule has 66 valence electrons. The van der Waals surface area contributed by atoms with Crippen LogP contribution in [0.5, 0.6) is 0 Å². The van der Waals surface area contributed by atoms with Crippen molar-refractivity contribution in [3.05, 3.63) is 55.1 Å². The Bertz CT molecular complexity index is 442. The molecule has 0 unspecified atom stereocenters. The summed E-state index contributed by atoms with van der Waals surface area (Å²) in [6, 6.07) is 9.81. The maximum atomic E-state index is 3.86. The molecule has 0 spiro atoms. The van der Waals surface area contributed by atoms with E-state index in [4.69, 9.17) is 0 Å². The molecule has 0 bridgehead atoms. The van der Waals surface area contributed by atoms with E-state index in [1.165, 1.54) is 6.08 Å². The van der Waals surface area contributed by atoms with Crippen molar-refractivity contribution in [2.75, 3.05) is 0 Å². The summed E-state index contributed by atoms with van der Waals surface area (Å²) < 4.78 is 0. The van der Waals surface area contributed by atoms with Gasteiger partial charge in [-0.3, -0.25) is 0 Å². The van der Waals surface area contributed by atoms with E-state index < -0.39 is 0 Å². The lowest BCUT2D eigenvalue weighted by Gasteiger charge is -1.94. The summed E-state index contributed by atoms with van der Waals surface area (Å²) in [5.74, 6) is 10.9. The van der Waals surface area contributed by atoms with Crippen molar-refractivity contribution in [1.29, 1.82) is 0 Å². The minimum Gasteiger partial charge on any atom is -0.0906 e. The Hall–Kier alpha value is -2.18. The van der Waals surface area contributed by atoms with Gasteiger partial charge in [0.1, 0.15) is 0 Å². The van der Waals surface area contributed by atoms with Gasteiger partial charge in [0.05, 0.1) is 0 Å². The summed E-state index contributed by atoms with van der Waals surface area (Å²) in [7, 11) is 0. The molecule has 0 amide bonds. The quantitative estimate of drug-likeness (QED) is 0.580. The monoisotopic (exact) mass is 178 g/mol. The molecule has 14 heavy (non-hydrogen) atoms. The molecule has 0 aliphatic carbocycles. The fourth-order valence-electron chi connectivity index (χ4n) is 0.905. The first-order valence-corrected chi connectivity index (χ1v) is 4.21. The Labute approximate surface area is 85.0 Å². The molecule has 0 heteroatoms. The van der Waals surface area contributed by atoms with Crippen LogP contribution in [0, 0.1) is 23.7 Å². The number of benzene rings is 1. The zero-order chi connectivity index (χ0) is 10.2. The van der Waals surface area contributed by atoms with Crippen molar-refractivity contribution in [3.63, 3.8) is 0 Å². The second-order valence-corrected chi connectivity index (χ2v) is 2.57. The van der Waals surface area contributed by atoms with E-state index in [1.54, 1.807) is 0 Å². The lowest BCUT2D eigenvalue weighted by molar-refractivity contribution is 1.64. The summed E-state index contributed by atoms with van der Waals surface area (Å²) >= 11 is 0. The maximum absolute atomic E-state index is 3.86. The zero-order valence-electron chi connectivity index (χ0n) is 7.88. The highest BCUT2D eigenvalue weighted by Gasteiger charge is 1.90. The van der Waals surface area contributed by atoms with Crippen LogP contribution in [0.4, 0.5) is 0 Å². The van der Waals surface area contributed by atoms with E-state index in [2.05, 4.69) is 36.8 Å². The molecule has 0 fully saturated rings. The van der Waals surface area contributed by atoms with Gasteiger partial charge < -0.3 is 0 Å². The summed E-state index contributed by atoms with van der Waals surface area (Å²) in [6.45, 7) is 7.33. The van der Waals surface area contributed by atoms with E-state index in [0.29, 0.717) is 0 Å². The second kappa shape index (κ2) is 5.46. The molecule has 0 aliphatic rings. The third-order valence-corrected chi connectivity index (χ3v) is 1.57. The van der Waals surface area contributed by atoms with Gasteiger partial charge in [-0.25, -0.2) is 0 Å². The predicted molar refractivity (Wildman–Crippen MR) is 61.2 cm³/mol. The smallest absolute Gasteiger partial charge is 0.0256 e. The summed E-state index contributed by atoms with van der Waals surface area (Å²) in [5, 5.41) is 0. The van der Waals surface area contributed by atoms with Gasteiger partial charge >= 0.3 is 0 Å². The van der Waals surface area contributed by atoms with Crippen LogP contribution in [0.2, 0.25) is 0 Å². The van der Waals surface area contributed by atoms with Crippen LogP contribution in [0.1, 0.15) is 5.56 Å². The fourth-order valence-corrected chi connectivity index (χ4v) is 0.905. The minimum absolute atomic E-state index is 0.781. The molecule has 0 saturated carbocycles. The predicted octanol–water partition coefficient (Wildman–Crippen LogP) is 2.89. The van der Waals surface area contributed by atoms with E-state index in [1.807, 2.05) is 30.3 Å². The van der Waals surface area contributed by atoms with Crippen molar-refractivity contribution in [3.8, 4) is 23.7 Å². The average Bonchev–Trinajstić information content (AvgIpc) is 2.25. The SMILES string of the molecule is C=CC#CC#CC(=C)c1ccccc1. The van der Waals surface area contributed by atoms with Gasteiger partial charge in [-0.2, -0.15) is 0 Å². The zero-order valence-corrected chi connectivity index (χ0v) is 7.88. The van der Waals surface area contributed by atoms with Crippen molar-refractivity contribution in [2.45, 2.75) is 0 Å². The second-order valence-electron chi connectivity index (χ2n) is 2.57. The Morgan fingerprint density at radius 2 is 1.86 bits per heavy atom. The first kappa shape index (κ1) is 9.90. The molecule has 0 radical (unpaired) electrons. The summed E-state index contributed by atoms with van der Waals surface area (Å²) in [6.07, 6.45) is 1.51. The standard InChI is InChI=1S/C14H10/c1-3-4-5-7-10-13(2)14-11-8-6-9-12-14/h3,6,8-9,11-12H,1-2H2. The Morgan fingerprint density at radius 1 is 1.14 bits per heavy atom. The van der Waals surface area contributed by atoms with Crippen LogP contribution in [0.15, 0.2) is 49.6 Å². The van der Waals surface area contributed by atoms with Crippen molar-refractivity contribution < 1.29 is 0 Å². The fraction of sp³-hybridized carbons (Fsp3) is 0. The molecule has 0 heterocycles. The normalized spacial score (nSPS) is 7.43. The minimum atomic E-state index is 0.781. The molecular formula is C14H10. The van der Waals surface area contributed by atoms with Gasteiger partial charge in [-0.05, 0) is 23.5 Å². The molecule has 0 aromatic heterocycles. The highest BCUT2D eigenvalue weighted by atomic mass is 13.9. The third kappa shape index (κ3) is 3.05. The highest BCUT2D eigenvalue weighted by molar-refractivity contribution is 5.77. The van der Waals surface area contributed by atoms with E-state index in [-0.39, 0.29) is 0 Å². The molecule has 1 rings (SSSR count). The first-order chi connectivity index (χ1) is 6.84. The van der Waals surface area contributed by atoms with E-state index in [9.17, 15) is 0 Å². The number of hydrogen-bond acceptors (Lipinski definition) is 0. The Morgan fingerprint density at radius 3 is 2.50 bits per heavy atom. The number of allylic oxidation sites excluding steroid dienone is 2.